The molecule has 1 aromatic carbocycles. The van der Waals surface area contributed by atoms with E-state index in [0.29, 0.717) is 33.7 Å². The van der Waals surface area contributed by atoms with Crippen LogP contribution in [0.15, 0.2) is 52.1 Å². The molecule has 0 spiro atoms. The summed E-state index contributed by atoms with van der Waals surface area (Å²) in [4.78, 5) is 17.3. The number of anilines is 1. The van der Waals surface area contributed by atoms with Crippen molar-refractivity contribution in [2.45, 2.75) is 26.8 Å². The molecule has 1 unspecified atom stereocenters. The summed E-state index contributed by atoms with van der Waals surface area (Å²) >= 11 is 0. The van der Waals surface area contributed by atoms with E-state index in [-0.39, 0.29) is 11.5 Å². The summed E-state index contributed by atoms with van der Waals surface area (Å²) in [5, 5.41) is 17.4. The number of nitrogens with zero attached hydrogens (tertiary/aromatic N) is 4. The van der Waals surface area contributed by atoms with Crippen molar-refractivity contribution in [2.24, 2.45) is 7.05 Å². The van der Waals surface area contributed by atoms with Gasteiger partial charge in [0.25, 0.3) is 0 Å². The van der Waals surface area contributed by atoms with Gasteiger partial charge in [-0.2, -0.15) is 10.4 Å². The summed E-state index contributed by atoms with van der Waals surface area (Å²) in [6.07, 6.45) is 5.08. The van der Waals surface area contributed by atoms with Gasteiger partial charge in [-0.15, -0.1) is 0 Å². The second kappa shape index (κ2) is 7.48. The lowest BCUT2D eigenvalue weighted by Gasteiger charge is -2.19. The summed E-state index contributed by atoms with van der Waals surface area (Å²) < 4.78 is 7.97. The van der Waals surface area contributed by atoms with Crippen molar-refractivity contribution in [2.75, 3.05) is 5.32 Å². The molecule has 0 fully saturated rings. The summed E-state index contributed by atoms with van der Waals surface area (Å²) in [5.41, 5.74) is 4.49. The Balaban J connectivity index is 1.90. The lowest BCUT2D eigenvalue weighted by atomic mass is 9.99. The van der Waals surface area contributed by atoms with Crippen molar-refractivity contribution in [3.8, 4) is 17.4 Å². The van der Waals surface area contributed by atoms with E-state index in [4.69, 9.17) is 4.42 Å². The first-order valence-electron chi connectivity index (χ1n) is 9.57. The lowest BCUT2D eigenvalue weighted by Crippen LogP contribution is -2.13. The number of hydrogen-bond acceptors (Lipinski definition) is 6. The van der Waals surface area contributed by atoms with Crippen LogP contribution in [0.2, 0.25) is 0 Å². The molecule has 0 amide bonds. The molecule has 3 heterocycles. The molecule has 7 nitrogen and oxygen atoms in total. The van der Waals surface area contributed by atoms with E-state index >= 15 is 0 Å². The van der Waals surface area contributed by atoms with E-state index in [1.165, 1.54) is 0 Å². The second-order valence-electron chi connectivity index (χ2n) is 7.40. The van der Waals surface area contributed by atoms with Crippen LogP contribution in [0.5, 0.6) is 0 Å². The number of fused-ring (bicyclic) bond motifs is 1. The van der Waals surface area contributed by atoms with Crippen LogP contribution in [0.3, 0.4) is 0 Å². The highest BCUT2D eigenvalue weighted by Gasteiger charge is 2.20. The van der Waals surface area contributed by atoms with Gasteiger partial charge in [0.15, 0.2) is 11.1 Å². The third kappa shape index (κ3) is 3.33. The SMILES string of the molecule is Cc1cc(C(C)Nc2cccnc2C#N)c2oc(-c3cnn(C)c3)c(C)c(=O)c2c1. The van der Waals surface area contributed by atoms with E-state index < -0.39 is 0 Å². The van der Waals surface area contributed by atoms with Gasteiger partial charge < -0.3 is 9.73 Å². The molecule has 30 heavy (non-hydrogen) atoms. The van der Waals surface area contributed by atoms with Crippen molar-refractivity contribution in [1.29, 1.82) is 5.26 Å². The summed E-state index contributed by atoms with van der Waals surface area (Å²) in [5.74, 6) is 0.511. The van der Waals surface area contributed by atoms with E-state index in [2.05, 4.69) is 21.5 Å². The van der Waals surface area contributed by atoms with Gasteiger partial charge in [-0.25, -0.2) is 4.98 Å². The zero-order valence-corrected chi connectivity index (χ0v) is 17.2. The van der Waals surface area contributed by atoms with Crippen molar-refractivity contribution in [3.05, 3.63) is 75.5 Å². The molecule has 0 radical (unpaired) electrons. The standard InChI is InChI=1S/C23H21N5O2/c1-13-8-17(15(3)27-19-6-5-7-25-20(19)10-24)23-18(9-13)21(29)14(2)22(30-23)16-11-26-28(4)12-16/h5-9,11-12,15,27H,1-4H3. The second-order valence-corrected chi connectivity index (χ2v) is 7.40. The van der Waals surface area contributed by atoms with Crippen molar-refractivity contribution >= 4 is 16.7 Å². The summed E-state index contributed by atoms with van der Waals surface area (Å²) in [7, 11) is 1.82. The molecule has 0 saturated carbocycles. The van der Waals surface area contributed by atoms with Crippen LogP contribution in [0.1, 0.15) is 35.3 Å². The average molecular weight is 399 g/mol. The quantitative estimate of drug-likeness (QED) is 0.551. The van der Waals surface area contributed by atoms with Crippen molar-refractivity contribution in [1.82, 2.24) is 14.8 Å². The Morgan fingerprint density at radius 3 is 2.80 bits per heavy atom. The summed E-state index contributed by atoms with van der Waals surface area (Å²) in [6.45, 7) is 5.68. The van der Waals surface area contributed by atoms with Crippen LogP contribution < -0.4 is 10.7 Å². The molecule has 0 aliphatic heterocycles. The molecule has 0 saturated heterocycles. The van der Waals surface area contributed by atoms with Gasteiger partial charge in [0.05, 0.1) is 28.9 Å². The molecule has 1 N–H and O–H groups in total. The number of aryl methyl sites for hydroxylation is 2. The Morgan fingerprint density at radius 2 is 2.10 bits per heavy atom. The molecule has 150 valence electrons. The Hall–Kier alpha value is -3.92. The third-order valence-electron chi connectivity index (χ3n) is 5.11. The van der Waals surface area contributed by atoms with Crippen LogP contribution in [-0.4, -0.2) is 14.8 Å². The fraction of sp³-hybridized carbons (Fsp3) is 0.217. The van der Waals surface area contributed by atoms with Crippen molar-refractivity contribution in [3.63, 3.8) is 0 Å². The number of nitrogens with one attached hydrogen (secondary N) is 1. The smallest absolute Gasteiger partial charge is 0.196 e. The molecular formula is C23H21N5O2. The Kier molecular flexibility index (Phi) is 4.84. The molecule has 3 aromatic heterocycles. The normalized spacial score (nSPS) is 12.0. The van der Waals surface area contributed by atoms with Crippen molar-refractivity contribution < 1.29 is 4.42 Å². The monoisotopic (exact) mass is 399 g/mol. The van der Waals surface area contributed by atoms with Gasteiger partial charge >= 0.3 is 0 Å². The fourth-order valence-electron chi connectivity index (χ4n) is 3.62. The van der Waals surface area contributed by atoms with Gasteiger partial charge in [0.1, 0.15) is 17.4 Å². The third-order valence-corrected chi connectivity index (χ3v) is 5.11. The highest BCUT2D eigenvalue weighted by Crippen LogP contribution is 2.32. The van der Waals surface area contributed by atoms with E-state index in [9.17, 15) is 10.1 Å². The molecule has 4 rings (SSSR count). The zero-order valence-electron chi connectivity index (χ0n) is 17.2. The minimum atomic E-state index is -0.226. The average Bonchev–Trinajstić information content (AvgIpc) is 3.16. The molecule has 1 atom stereocenters. The lowest BCUT2D eigenvalue weighted by molar-refractivity contribution is 0.605. The van der Waals surface area contributed by atoms with Crippen LogP contribution in [0, 0.1) is 25.2 Å². The number of rotatable bonds is 4. The summed E-state index contributed by atoms with van der Waals surface area (Å²) in [6, 6.07) is 9.29. The Labute approximate surface area is 173 Å². The highest BCUT2D eigenvalue weighted by molar-refractivity contribution is 5.84. The zero-order chi connectivity index (χ0) is 21.4. The van der Waals surface area contributed by atoms with Gasteiger partial charge in [0.2, 0.25) is 0 Å². The van der Waals surface area contributed by atoms with Gasteiger partial charge in [0, 0.05) is 30.6 Å². The van der Waals surface area contributed by atoms with E-state index in [1.54, 1.807) is 36.1 Å². The van der Waals surface area contributed by atoms with E-state index in [0.717, 1.165) is 16.7 Å². The van der Waals surface area contributed by atoms with Crippen LogP contribution in [-0.2, 0) is 7.05 Å². The first kappa shape index (κ1) is 19.4. The van der Waals surface area contributed by atoms with Crippen LogP contribution in [0.4, 0.5) is 5.69 Å². The number of pyridine rings is 1. The molecule has 4 aromatic rings. The number of nitriles is 1. The predicted molar refractivity (Wildman–Crippen MR) is 115 cm³/mol. The maximum absolute atomic E-state index is 13.2. The maximum Gasteiger partial charge on any atom is 0.196 e. The first-order valence-corrected chi connectivity index (χ1v) is 9.57. The largest absolute Gasteiger partial charge is 0.455 e. The number of benzene rings is 1. The van der Waals surface area contributed by atoms with Crippen LogP contribution >= 0.6 is 0 Å². The van der Waals surface area contributed by atoms with Crippen LogP contribution in [0.25, 0.3) is 22.3 Å². The Morgan fingerprint density at radius 1 is 1.30 bits per heavy atom. The van der Waals surface area contributed by atoms with E-state index in [1.807, 2.05) is 39.2 Å². The first-order chi connectivity index (χ1) is 14.4. The molecule has 7 heteroatoms. The highest BCUT2D eigenvalue weighted by atomic mass is 16.3. The molecule has 0 aliphatic rings. The maximum atomic E-state index is 13.2. The molecule has 0 aliphatic carbocycles. The predicted octanol–water partition coefficient (Wildman–Crippen LogP) is 4.25. The number of aromatic nitrogens is 3. The minimum absolute atomic E-state index is 0.0636. The fourth-order valence-corrected chi connectivity index (χ4v) is 3.62. The number of hydrogen-bond donors (Lipinski definition) is 1. The van der Waals surface area contributed by atoms with Gasteiger partial charge in [-0.1, -0.05) is 6.07 Å². The van der Waals surface area contributed by atoms with Gasteiger partial charge in [-0.05, 0) is 44.5 Å². The molecule has 0 bridgehead atoms. The van der Waals surface area contributed by atoms with Gasteiger partial charge in [-0.3, -0.25) is 9.48 Å². The Bertz CT molecular complexity index is 1360. The topological polar surface area (TPSA) is 96.7 Å². The minimum Gasteiger partial charge on any atom is -0.455 e. The molecular weight excluding hydrogens is 378 g/mol.